The van der Waals surface area contributed by atoms with E-state index in [0.29, 0.717) is 0 Å². The van der Waals surface area contributed by atoms with Gasteiger partial charge < -0.3 is 0 Å². The van der Waals surface area contributed by atoms with Gasteiger partial charge in [0.05, 0.1) is 23.1 Å². The minimum atomic E-state index is 0.917. The van der Waals surface area contributed by atoms with Gasteiger partial charge in [0.2, 0.25) is 0 Å². The van der Waals surface area contributed by atoms with Crippen LogP contribution >= 0.6 is 11.7 Å². The van der Waals surface area contributed by atoms with Crippen LogP contribution in [0.4, 0.5) is 11.4 Å². The van der Waals surface area contributed by atoms with E-state index in [2.05, 4.69) is 64.1 Å². The molecule has 0 unspecified atom stereocenters. The summed E-state index contributed by atoms with van der Waals surface area (Å²) in [4.78, 5) is 0. The summed E-state index contributed by atoms with van der Waals surface area (Å²) in [6, 6.07) is 12.7. The molecule has 5 rings (SSSR count). The van der Waals surface area contributed by atoms with Gasteiger partial charge in [0, 0.05) is 11.1 Å². The van der Waals surface area contributed by atoms with Crippen LogP contribution < -0.4 is 0 Å². The Kier molecular flexibility index (Phi) is 4.00. The summed E-state index contributed by atoms with van der Waals surface area (Å²) in [5, 5.41) is 0. The van der Waals surface area contributed by atoms with Gasteiger partial charge in [-0.1, -0.05) is 36.4 Å². The normalized spacial score (nSPS) is 12.4. The van der Waals surface area contributed by atoms with Crippen LogP contribution in [0.25, 0.3) is 33.3 Å². The molecule has 4 nitrogen and oxygen atoms in total. The zero-order valence-electron chi connectivity index (χ0n) is 16.1. The van der Waals surface area contributed by atoms with E-state index in [4.69, 9.17) is 17.5 Å². The van der Waals surface area contributed by atoms with Crippen LogP contribution in [0.2, 0.25) is 0 Å². The molecule has 0 fully saturated rings. The van der Waals surface area contributed by atoms with Gasteiger partial charge in [-0.15, -0.1) is 0 Å². The van der Waals surface area contributed by atoms with E-state index < -0.39 is 0 Å². The molecule has 1 aliphatic heterocycles. The van der Waals surface area contributed by atoms with Gasteiger partial charge in [0.1, 0.15) is 22.4 Å². The lowest BCUT2D eigenvalue weighted by atomic mass is 9.87. The molecule has 0 atom stereocenters. The lowest BCUT2D eigenvalue weighted by Crippen LogP contribution is -1.94. The van der Waals surface area contributed by atoms with Crippen molar-refractivity contribution in [1.29, 1.82) is 0 Å². The predicted octanol–water partition coefficient (Wildman–Crippen LogP) is 6.99. The quantitative estimate of drug-likeness (QED) is 0.320. The number of aryl methyl sites for hydroxylation is 4. The number of hydrogen-bond acceptors (Lipinski definition) is 5. The maximum Gasteiger partial charge on any atom is 0.115 e. The summed E-state index contributed by atoms with van der Waals surface area (Å²) < 4.78 is 18.9. The zero-order chi connectivity index (χ0) is 19.4. The van der Waals surface area contributed by atoms with E-state index in [-0.39, 0.29) is 0 Å². The van der Waals surface area contributed by atoms with Gasteiger partial charge in [-0.3, -0.25) is 0 Å². The molecule has 0 radical (unpaired) electrons. The van der Waals surface area contributed by atoms with Crippen LogP contribution in [0.5, 0.6) is 0 Å². The molecule has 0 saturated carbocycles. The van der Waals surface area contributed by atoms with Crippen molar-refractivity contribution in [3.63, 3.8) is 0 Å². The van der Waals surface area contributed by atoms with Crippen molar-refractivity contribution in [2.75, 3.05) is 0 Å². The highest BCUT2D eigenvalue weighted by Gasteiger charge is 2.28. The van der Waals surface area contributed by atoms with Crippen molar-refractivity contribution in [2.24, 2.45) is 8.73 Å². The molecule has 1 aromatic heterocycles. The second kappa shape index (κ2) is 6.43. The molecular weight excluding hydrogens is 384 g/mol. The second-order valence-electron chi connectivity index (χ2n) is 7.21. The number of aromatic nitrogens is 2. The molecule has 0 spiro atoms. The van der Waals surface area contributed by atoms with Gasteiger partial charge in [0.25, 0.3) is 0 Å². The Morgan fingerprint density at radius 1 is 0.571 bits per heavy atom. The molecule has 0 amide bonds. The molecule has 28 heavy (non-hydrogen) atoms. The zero-order valence-corrected chi connectivity index (χ0v) is 17.7. The third kappa shape index (κ3) is 2.41. The van der Waals surface area contributed by atoms with Gasteiger partial charge in [0.15, 0.2) is 0 Å². The average Bonchev–Trinajstić information content (AvgIpc) is 3.32. The molecule has 138 valence electrons. The summed E-state index contributed by atoms with van der Waals surface area (Å²) in [5.74, 6) is 0. The average molecular weight is 403 g/mol. The van der Waals surface area contributed by atoms with Crippen molar-refractivity contribution < 1.29 is 0 Å². The van der Waals surface area contributed by atoms with E-state index in [0.717, 1.165) is 33.5 Å². The van der Waals surface area contributed by atoms with E-state index in [9.17, 15) is 0 Å². The largest absolute Gasteiger partial charge is 0.172 e. The molecular formula is C22H18N4S2. The summed E-state index contributed by atoms with van der Waals surface area (Å²) in [5.41, 5.74) is 13.0. The van der Waals surface area contributed by atoms with E-state index in [1.54, 1.807) is 0 Å². The van der Waals surface area contributed by atoms with Gasteiger partial charge >= 0.3 is 0 Å². The van der Waals surface area contributed by atoms with Gasteiger partial charge in [-0.05, 0) is 61.1 Å². The Balaban J connectivity index is 1.97. The highest BCUT2D eigenvalue weighted by atomic mass is 32.1. The molecule has 0 N–H and O–H groups in total. The monoisotopic (exact) mass is 402 g/mol. The molecule has 3 aromatic carbocycles. The van der Waals surface area contributed by atoms with Crippen LogP contribution in [-0.2, 0) is 11.4 Å². The Morgan fingerprint density at radius 3 is 1.36 bits per heavy atom. The van der Waals surface area contributed by atoms with Crippen molar-refractivity contribution in [2.45, 2.75) is 27.7 Å². The van der Waals surface area contributed by atoms with Crippen molar-refractivity contribution >= 4 is 45.5 Å². The highest BCUT2D eigenvalue weighted by Crippen LogP contribution is 2.53. The minimum Gasteiger partial charge on any atom is -0.172 e. The predicted molar refractivity (Wildman–Crippen MR) is 119 cm³/mol. The Labute approximate surface area is 171 Å². The van der Waals surface area contributed by atoms with Crippen LogP contribution in [0.1, 0.15) is 22.3 Å². The molecule has 1 aliphatic rings. The first-order valence-electron chi connectivity index (χ1n) is 9.11. The second-order valence-corrected chi connectivity index (χ2v) is 8.26. The molecule has 0 bridgehead atoms. The van der Waals surface area contributed by atoms with Crippen molar-refractivity contribution in [1.82, 2.24) is 8.75 Å². The lowest BCUT2D eigenvalue weighted by Gasteiger charge is -2.17. The highest BCUT2D eigenvalue weighted by molar-refractivity contribution is 7.58. The van der Waals surface area contributed by atoms with Crippen LogP contribution in [0.15, 0.2) is 45.1 Å². The fourth-order valence-electron chi connectivity index (χ4n) is 4.15. The molecule has 2 heterocycles. The molecule has 6 heteroatoms. The summed E-state index contributed by atoms with van der Waals surface area (Å²) in [6.45, 7) is 8.55. The Morgan fingerprint density at radius 2 is 0.964 bits per heavy atom. The lowest BCUT2D eigenvalue weighted by molar-refractivity contribution is 1.36. The molecule has 0 aliphatic carbocycles. The first kappa shape index (κ1) is 17.4. The SMILES string of the molecule is Cc1cccc(C)c1-c1c2c(c(-c3c(C)cccc3C)c3nsnc13)N=S=N2. The number of benzene rings is 3. The van der Waals surface area contributed by atoms with Gasteiger partial charge in [-0.25, -0.2) is 0 Å². The third-order valence-corrected chi connectivity index (χ3v) is 6.44. The van der Waals surface area contributed by atoms with E-state index >= 15 is 0 Å². The summed E-state index contributed by atoms with van der Waals surface area (Å²) in [7, 11) is 0. The first-order chi connectivity index (χ1) is 13.6. The Bertz CT molecular complexity index is 1210. The summed E-state index contributed by atoms with van der Waals surface area (Å²) >= 11 is 2.51. The fraction of sp³-hybridized carbons (Fsp3) is 0.182. The minimum absolute atomic E-state index is 0.917. The smallest absolute Gasteiger partial charge is 0.115 e. The number of nitrogens with zero attached hydrogens (tertiary/aromatic N) is 4. The first-order valence-corrected chi connectivity index (χ1v) is 10.6. The van der Waals surface area contributed by atoms with Gasteiger partial charge in [-0.2, -0.15) is 17.5 Å². The van der Waals surface area contributed by atoms with E-state index in [1.165, 1.54) is 56.5 Å². The maximum absolute atomic E-state index is 4.72. The maximum atomic E-state index is 4.72. The number of rotatable bonds is 2. The van der Waals surface area contributed by atoms with Crippen molar-refractivity contribution in [3.8, 4) is 22.3 Å². The number of hydrogen-bond donors (Lipinski definition) is 0. The van der Waals surface area contributed by atoms with E-state index in [1.807, 2.05) is 0 Å². The third-order valence-electron chi connectivity index (χ3n) is 5.39. The topological polar surface area (TPSA) is 50.5 Å². The summed E-state index contributed by atoms with van der Waals surface area (Å²) in [6.07, 6.45) is 0. The standard InChI is InChI=1S/C22H18N4S2/c1-11-7-5-8-12(2)15(11)17-19-21(25-27-23-19)18(22-20(17)24-28-26-22)16-13(3)9-6-10-14(16)4/h5-10H,1-4H3. The van der Waals surface area contributed by atoms with Crippen LogP contribution in [-0.4, -0.2) is 8.75 Å². The number of fused-ring (bicyclic) bond motifs is 2. The van der Waals surface area contributed by atoms with Crippen LogP contribution in [0.3, 0.4) is 0 Å². The fourth-order valence-corrected chi connectivity index (χ4v) is 5.27. The molecule has 0 saturated heterocycles. The van der Waals surface area contributed by atoms with Crippen LogP contribution in [0, 0.1) is 27.7 Å². The Hall–Kier alpha value is -2.70. The molecule has 4 aromatic rings. The van der Waals surface area contributed by atoms with Crippen molar-refractivity contribution in [3.05, 3.63) is 58.7 Å².